The fourth-order valence-corrected chi connectivity index (χ4v) is 5.46. The predicted molar refractivity (Wildman–Crippen MR) is 122 cm³/mol. The Bertz CT molecular complexity index is 945. The molecule has 2 aliphatic heterocycles. The second-order valence-electron chi connectivity index (χ2n) is 7.22. The van der Waals surface area contributed by atoms with Crippen molar-refractivity contribution in [3.8, 4) is 0 Å². The molecule has 4 rings (SSSR count). The SMILES string of the molecule is O=C(Nc1cc(C(=O)N2CCCC2C(=O)N2CCSCC2)ccc1Cl)c1cccs1. The smallest absolute Gasteiger partial charge is 0.265 e. The lowest BCUT2D eigenvalue weighted by molar-refractivity contribution is -0.134. The van der Waals surface area contributed by atoms with Gasteiger partial charge in [-0.3, -0.25) is 14.4 Å². The van der Waals surface area contributed by atoms with E-state index < -0.39 is 6.04 Å². The van der Waals surface area contributed by atoms with E-state index in [9.17, 15) is 14.4 Å². The summed E-state index contributed by atoms with van der Waals surface area (Å²) in [6, 6.07) is 7.94. The van der Waals surface area contributed by atoms with Gasteiger partial charge in [0.2, 0.25) is 5.91 Å². The van der Waals surface area contributed by atoms with Crippen LogP contribution in [-0.4, -0.2) is 64.7 Å². The molecule has 2 saturated heterocycles. The van der Waals surface area contributed by atoms with Crippen molar-refractivity contribution < 1.29 is 14.4 Å². The number of rotatable bonds is 4. The number of halogens is 1. The molecule has 1 aromatic carbocycles. The van der Waals surface area contributed by atoms with E-state index >= 15 is 0 Å². The van der Waals surface area contributed by atoms with Crippen LogP contribution in [0.4, 0.5) is 5.69 Å². The maximum atomic E-state index is 13.2. The summed E-state index contributed by atoms with van der Waals surface area (Å²) in [5, 5.41) is 4.95. The van der Waals surface area contributed by atoms with Gasteiger partial charge in [-0.1, -0.05) is 17.7 Å². The van der Waals surface area contributed by atoms with Crippen LogP contribution in [0.15, 0.2) is 35.7 Å². The summed E-state index contributed by atoms with van der Waals surface area (Å²) in [6.45, 7) is 2.03. The molecule has 158 valence electrons. The van der Waals surface area contributed by atoms with E-state index in [1.165, 1.54) is 11.3 Å². The van der Waals surface area contributed by atoms with Crippen LogP contribution in [0.5, 0.6) is 0 Å². The molecule has 1 atom stereocenters. The quantitative estimate of drug-likeness (QED) is 0.748. The third kappa shape index (κ3) is 4.50. The number of nitrogens with zero attached hydrogens (tertiary/aromatic N) is 2. The van der Waals surface area contributed by atoms with Crippen molar-refractivity contribution >= 4 is 58.1 Å². The van der Waals surface area contributed by atoms with Gasteiger partial charge >= 0.3 is 0 Å². The lowest BCUT2D eigenvalue weighted by atomic mass is 10.1. The number of thioether (sulfide) groups is 1. The summed E-state index contributed by atoms with van der Waals surface area (Å²) in [5.74, 6) is 1.45. The van der Waals surface area contributed by atoms with Crippen molar-refractivity contribution in [1.29, 1.82) is 0 Å². The number of carbonyl (C=O) groups excluding carboxylic acids is 3. The minimum Gasteiger partial charge on any atom is -0.339 e. The Morgan fingerprint density at radius 2 is 1.90 bits per heavy atom. The fraction of sp³-hybridized carbons (Fsp3) is 0.381. The number of carbonyl (C=O) groups is 3. The minimum atomic E-state index is -0.416. The van der Waals surface area contributed by atoms with Gasteiger partial charge in [0.05, 0.1) is 15.6 Å². The zero-order valence-corrected chi connectivity index (χ0v) is 18.7. The van der Waals surface area contributed by atoms with Crippen LogP contribution in [0.2, 0.25) is 5.02 Å². The van der Waals surface area contributed by atoms with Gasteiger partial charge in [0, 0.05) is 36.7 Å². The van der Waals surface area contributed by atoms with Crippen molar-refractivity contribution in [2.24, 2.45) is 0 Å². The second-order valence-corrected chi connectivity index (χ2v) is 9.80. The predicted octanol–water partition coefficient (Wildman–Crippen LogP) is 3.83. The molecule has 0 aliphatic carbocycles. The first-order chi connectivity index (χ1) is 14.5. The molecular formula is C21H22ClN3O3S2. The summed E-state index contributed by atoms with van der Waals surface area (Å²) in [7, 11) is 0. The molecule has 1 unspecified atom stereocenters. The first kappa shape index (κ1) is 21.2. The van der Waals surface area contributed by atoms with Gasteiger partial charge in [-0.25, -0.2) is 0 Å². The molecule has 2 fully saturated rings. The van der Waals surface area contributed by atoms with Gasteiger partial charge in [-0.2, -0.15) is 11.8 Å². The summed E-state index contributed by atoms with van der Waals surface area (Å²) in [5.41, 5.74) is 0.797. The molecule has 0 bridgehead atoms. The summed E-state index contributed by atoms with van der Waals surface area (Å²) < 4.78 is 0. The standard InChI is InChI=1S/C21H22ClN3O3S2/c22-15-6-5-14(13-16(15)23-19(26)18-4-2-10-30-18)20(27)25-7-1-3-17(25)21(28)24-8-11-29-12-9-24/h2,4-6,10,13,17H,1,3,7-9,11-12H2,(H,23,26). The summed E-state index contributed by atoms with van der Waals surface area (Å²) in [4.78, 5) is 42.7. The highest BCUT2D eigenvalue weighted by atomic mass is 35.5. The normalized spacial score (nSPS) is 19.0. The van der Waals surface area contributed by atoms with E-state index in [-0.39, 0.29) is 17.7 Å². The lowest BCUT2D eigenvalue weighted by Crippen LogP contribution is -2.50. The monoisotopic (exact) mass is 463 g/mol. The third-order valence-corrected chi connectivity index (χ3v) is 7.47. The number of thiophene rings is 1. The van der Waals surface area contributed by atoms with Crippen LogP contribution in [0.1, 0.15) is 32.9 Å². The second kappa shape index (κ2) is 9.41. The van der Waals surface area contributed by atoms with Gasteiger partial charge in [-0.15, -0.1) is 11.3 Å². The van der Waals surface area contributed by atoms with Crippen LogP contribution in [0.25, 0.3) is 0 Å². The topological polar surface area (TPSA) is 69.7 Å². The number of nitrogens with one attached hydrogen (secondary N) is 1. The Labute approximate surface area is 188 Å². The molecule has 2 aromatic rings. The van der Waals surface area contributed by atoms with Crippen LogP contribution in [0, 0.1) is 0 Å². The van der Waals surface area contributed by atoms with Crippen molar-refractivity contribution in [1.82, 2.24) is 9.80 Å². The number of anilines is 1. The highest BCUT2D eigenvalue weighted by molar-refractivity contribution is 7.99. The third-order valence-electron chi connectivity index (χ3n) is 5.33. The first-order valence-corrected chi connectivity index (χ1v) is 12.3. The Kier molecular flexibility index (Phi) is 6.65. The zero-order chi connectivity index (χ0) is 21.1. The number of hydrogen-bond donors (Lipinski definition) is 1. The van der Waals surface area contributed by atoms with Crippen molar-refractivity contribution in [3.05, 3.63) is 51.2 Å². The van der Waals surface area contributed by atoms with Crippen molar-refractivity contribution in [2.45, 2.75) is 18.9 Å². The highest BCUT2D eigenvalue weighted by Crippen LogP contribution is 2.28. The summed E-state index contributed by atoms with van der Waals surface area (Å²) in [6.07, 6.45) is 1.49. The van der Waals surface area contributed by atoms with E-state index in [1.54, 1.807) is 35.2 Å². The van der Waals surface area contributed by atoms with Crippen LogP contribution >= 0.6 is 34.7 Å². The van der Waals surface area contributed by atoms with Gasteiger partial charge in [0.25, 0.3) is 11.8 Å². The van der Waals surface area contributed by atoms with Gasteiger partial charge in [0.15, 0.2) is 0 Å². The van der Waals surface area contributed by atoms with Crippen LogP contribution < -0.4 is 5.32 Å². The Morgan fingerprint density at radius 1 is 1.10 bits per heavy atom. The maximum absolute atomic E-state index is 13.2. The maximum Gasteiger partial charge on any atom is 0.265 e. The molecule has 1 aromatic heterocycles. The average molecular weight is 464 g/mol. The van der Waals surface area contributed by atoms with Gasteiger partial charge in [-0.05, 0) is 42.5 Å². The van der Waals surface area contributed by atoms with E-state index in [0.717, 1.165) is 31.0 Å². The molecule has 9 heteroatoms. The number of hydrogen-bond acceptors (Lipinski definition) is 5. The molecule has 0 spiro atoms. The molecule has 3 heterocycles. The van der Waals surface area contributed by atoms with Crippen molar-refractivity contribution in [2.75, 3.05) is 36.5 Å². The van der Waals surface area contributed by atoms with Crippen molar-refractivity contribution in [3.63, 3.8) is 0 Å². The molecule has 6 nitrogen and oxygen atoms in total. The molecule has 1 N–H and O–H groups in total. The molecule has 3 amide bonds. The zero-order valence-electron chi connectivity index (χ0n) is 16.3. The fourth-order valence-electron chi connectivity index (χ4n) is 3.77. The molecule has 30 heavy (non-hydrogen) atoms. The molecule has 0 saturated carbocycles. The van der Waals surface area contributed by atoms with E-state index in [4.69, 9.17) is 11.6 Å². The number of benzene rings is 1. The Balaban J connectivity index is 1.50. The van der Waals surface area contributed by atoms with Gasteiger partial charge in [0.1, 0.15) is 6.04 Å². The summed E-state index contributed by atoms with van der Waals surface area (Å²) >= 11 is 9.43. The lowest BCUT2D eigenvalue weighted by Gasteiger charge is -2.32. The van der Waals surface area contributed by atoms with Crippen LogP contribution in [0.3, 0.4) is 0 Å². The van der Waals surface area contributed by atoms with Gasteiger partial charge < -0.3 is 15.1 Å². The Morgan fingerprint density at radius 3 is 2.63 bits per heavy atom. The average Bonchev–Trinajstić information content (AvgIpc) is 3.47. The largest absolute Gasteiger partial charge is 0.339 e. The molecular weight excluding hydrogens is 442 g/mol. The highest BCUT2D eigenvalue weighted by Gasteiger charge is 2.37. The van der Waals surface area contributed by atoms with E-state index in [2.05, 4.69) is 5.32 Å². The first-order valence-electron chi connectivity index (χ1n) is 9.86. The molecule has 0 radical (unpaired) electrons. The van der Waals surface area contributed by atoms with Crippen LogP contribution in [-0.2, 0) is 4.79 Å². The van der Waals surface area contributed by atoms with E-state index in [0.29, 0.717) is 34.1 Å². The number of amides is 3. The van der Waals surface area contributed by atoms with E-state index in [1.807, 2.05) is 22.0 Å². The minimum absolute atomic E-state index is 0.0429. The number of likely N-dealkylation sites (tertiary alicyclic amines) is 1. The molecule has 2 aliphatic rings. The Hall–Kier alpha value is -2.03.